The van der Waals surface area contributed by atoms with E-state index in [0.717, 1.165) is 4.68 Å². The second-order valence-corrected chi connectivity index (χ2v) is 8.37. The molecule has 196 valence electrons. The first-order chi connectivity index (χ1) is 18.8. The number of nitro groups is 1. The van der Waals surface area contributed by atoms with Gasteiger partial charge in [0.2, 0.25) is 5.82 Å². The minimum Gasteiger partial charge on any atom is -0.496 e. The molecule has 0 unspecified atom stereocenters. The topological polar surface area (TPSA) is 159 Å². The van der Waals surface area contributed by atoms with Crippen molar-refractivity contribution in [2.75, 3.05) is 7.11 Å². The molecule has 2 aromatic heterocycles. The molecule has 39 heavy (non-hydrogen) atoms. The average molecular weight is 528 g/mol. The molecule has 12 nitrogen and oxygen atoms in total. The summed E-state index contributed by atoms with van der Waals surface area (Å²) in [4.78, 5) is 40.2. The van der Waals surface area contributed by atoms with E-state index < -0.39 is 22.6 Å². The van der Waals surface area contributed by atoms with E-state index in [2.05, 4.69) is 10.1 Å². The fraction of sp³-hybridized carbons (Fsp3) is 0.111. The monoisotopic (exact) mass is 528 g/mol. The Kier molecular flexibility index (Phi) is 6.51. The Labute approximate surface area is 219 Å². The molecule has 0 bridgehead atoms. The van der Waals surface area contributed by atoms with Crippen molar-refractivity contribution in [2.45, 2.75) is 13.0 Å². The number of non-ortho nitro benzene ring substituents is 1. The number of carbonyl (C=O) groups is 1. The van der Waals surface area contributed by atoms with Crippen LogP contribution in [0.3, 0.4) is 0 Å². The highest BCUT2D eigenvalue weighted by atomic mass is 16.6. The molecule has 1 N–H and O–H groups in total. The van der Waals surface area contributed by atoms with Gasteiger partial charge in [0.15, 0.2) is 11.9 Å². The maximum atomic E-state index is 13.5. The van der Waals surface area contributed by atoms with Crippen LogP contribution in [0, 0.1) is 10.1 Å². The summed E-state index contributed by atoms with van der Waals surface area (Å²) in [5.74, 6) is -0.346. The molecule has 0 aliphatic rings. The van der Waals surface area contributed by atoms with Crippen LogP contribution >= 0.6 is 0 Å². The molecule has 5 aromatic rings. The number of para-hydroxylation sites is 1. The van der Waals surface area contributed by atoms with Crippen molar-refractivity contribution in [2.24, 2.45) is 5.10 Å². The van der Waals surface area contributed by atoms with Crippen LogP contribution in [0.25, 0.3) is 33.5 Å². The Morgan fingerprint density at radius 3 is 2.67 bits per heavy atom. The van der Waals surface area contributed by atoms with Crippen LogP contribution < -0.4 is 15.0 Å². The first kappa shape index (κ1) is 25.1. The standard InChI is InChI=1S/C27H20N4O8/c1-15(27(33)34)38-21-11-10-17(31(35)36)12-16(21)14-28-30-25(29-20-7-4-3-6-18(20)26(30)32)24-13-19-22(37-2)8-5-9-23(19)39-24/h3-15H,1-2H3,(H,33,34)/t15-/m0/s1. The molecule has 0 saturated carbocycles. The molecule has 0 fully saturated rings. The third-order valence-electron chi connectivity index (χ3n) is 5.88. The number of ether oxygens (including phenoxy) is 2. The van der Waals surface area contributed by atoms with Crippen LogP contribution in [0.2, 0.25) is 0 Å². The van der Waals surface area contributed by atoms with Gasteiger partial charge in [0, 0.05) is 17.7 Å². The number of hydrogen-bond acceptors (Lipinski definition) is 9. The maximum absolute atomic E-state index is 13.5. The molecule has 12 heteroatoms. The summed E-state index contributed by atoms with van der Waals surface area (Å²) >= 11 is 0. The van der Waals surface area contributed by atoms with Crippen molar-refractivity contribution in [1.29, 1.82) is 0 Å². The third-order valence-corrected chi connectivity index (χ3v) is 5.88. The summed E-state index contributed by atoms with van der Waals surface area (Å²) in [7, 11) is 1.53. The summed E-state index contributed by atoms with van der Waals surface area (Å²) in [5.41, 5.74) is 0.186. The van der Waals surface area contributed by atoms with Gasteiger partial charge in [-0.05, 0) is 43.3 Å². The quantitative estimate of drug-likeness (QED) is 0.174. The van der Waals surface area contributed by atoms with Crippen molar-refractivity contribution in [3.63, 3.8) is 0 Å². The molecule has 1 atom stereocenters. The highest BCUT2D eigenvalue weighted by Crippen LogP contribution is 2.33. The predicted octanol–water partition coefficient (Wildman–Crippen LogP) is 4.46. The van der Waals surface area contributed by atoms with Crippen LogP contribution in [-0.2, 0) is 4.79 Å². The summed E-state index contributed by atoms with van der Waals surface area (Å²) < 4.78 is 17.9. The van der Waals surface area contributed by atoms with E-state index in [1.165, 1.54) is 38.4 Å². The Hall–Kier alpha value is -5.52. The van der Waals surface area contributed by atoms with Crippen molar-refractivity contribution >= 4 is 39.7 Å². The van der Waals surface area contributed by atoms with Crippen LogP contribution in [0.5, 0.6) is 11.5 Å². The second-order valence-electron chi connectivity index (χ2n) is 8.37. The maximum Gasteiger partial charge on any atom is 0.344 e. The highest BCUT2D eigenvalue weighted by molar-refractivity contribution is 5.89. The number of furan rings is 1. The lowest BCUT2D eigenvalue weighted by Crippen LogP contribution is -2.23. The highest BCUT2D eigenvalue weighted by Gasteiger charge is 2.20. The Balaban J connectivity index is 1.71. The SMILES string of the molecule is COc1cccc2oc(-c3nc4ccccc4c(=O)n3N=Cc3cc([N+](=O)[O-])ccc3O[C@@H](C)C(=O)O)cc12. The van der Waals surface area contributed by atoms with Gasteiger partial charge in [0.1, 0.15) is 17.1 Å². The van der Waals surface area contributed by atoms with Crippen molar-refractivity contribution in [3.8, 4) is 23.1 Å². The normalized spacial score (nSPS) is 12.2. The number of aliphatic carboxylic acids is 1. The van der Waals surface area contributed by atoms with Gasteiger partial charge in [-0.1, -0.05) is 18.2 Å². The summed E-state index contributed by atoms with van der Waals surface area (Å²) in [6.45, 7) is 1.32. The number of rotatable bonds is 8. The minimum absolute atomic E-state index is 0.0241. The molecule has 0 saturated heterocycles. The Morgan fingerprint density at radius 1 is 1.13 bits per heavy atom. The zero-order chi connectivity index (χ0) is 27.7. The minimum atomic E-state index is -1.25. The van der Waals surface area contributed by atoms with Crippen LogP contribution in [-0.4, -0.2) is 45.1 Å². The average Bonchev–Trinajstić information content (AvgIpc) is 3.37. The van der Waals surface area contributed by atoms with Gasteiger partial charge in [-0.2, -0.15) is 9.78 Å². The van der Waals surface area contributed by atoms with E-state index in [1.807, 2.05) is 0 Å². The first-order valence-corrected chi connectivity index (χ1v) is 11.6. The van der Waals surface area contributed by atoms with E-state index in [9.17, 15) is 24.8 Å². The fourth-order valence-corrected chi connectivity index (χ4v) is 3.93. The van der Waals surface area contributed by atoms with Gasteiger partial charge in [0.25, 0.3) is 11.2 Å². The van der Waals surface area contributed by atoms with Gasteiger partial charge >= 0.3 is 5.97 Å². The van der Waals surface area contributed by atoms with Crippen molar-refractivity contribution in [1.82, 2.24) is 9.66 Å². The third kappa shape index (κ3) is 4.78. The number of carboxylic acids is 1. The van der Waals surface area contributed by atoms with E-state index in [4.69, 9.17) is 13.9 Å². The summed E-state index contributed by atoms with van der Waals surface area (Å²) in [6.07, 6.45) is -0.0774. The number of benzene rings is 3. The predicted molar refractivity (Wildman–Crippen MR) is 142 cm³/mol. The zero-order valence-corrected chi connectivity index (χ0v) is 20.6. The molecule has 0 aliphatic carbocycles. The smallest absolute Gasteiger partial charge is 0.344 e. The Bertz CT molecular complexity index is 1840. The largest absolute Gasteiger partial charge is 0.496 e. The van der Waals surface area contributed by atoms with Crippen LogP contribution in [0.1, 0.15) is 12.5 Å². The number of carboxylic acid groups (broad SMARTS) is 1. The van der Waals surface area contributed by atoms with Crippen LogP contribution in [0.4, 0.5) is 5.69 Å². The number of fused-ring (bicyclic) bond motifs is 2. The van der Waals surface area contributed by atoms with Crippen molar-refractivity contribution < 1.29 is 28.7 Å². The second kappa shape index (κ2) is 10.1. The molecule has 0 aliphatic heterocycles. The first-order valence-electron chi connectivity index (χ1n) is 11.6. The van der Waals surface area contributed by atoms with Crippen molar-refractivity contribution in [3.05, 3.63) is 92.8 Å². The van der Waals surface area contributed by atoms with E-state index in [-0.39, 0.29) is 34.0 Å². The van der Waals surface area contributed by atoms with E-state index in [0.29, 0.717) is 22.2 Å². The number of aromatic nitrogens is 2. The van der Waals surface area contributed by atoms with E-state index in [1.54, 1.807) is 48.5 Å². The molecular weight excluding hydrogens is 508 g/mol. The van der Waals surface area contributed by atoms with Gasteiger partial charge in [0.05, 0.1) is 34.5 Å². The van der Waals surface area contributed by atoms with Gasteiger partial charge in [-0.15, -0.1) is 0 Å². The number of methoxy groups -OCH3 is 1. The van der Waals surface area contributed by atoms with Gasteiger partial charge in [-0.25, -0.2) is 9.78 Å². The van der Waals surface area contributed by atoms with Gasteiger partial charge in [-0.3, -0.25) is 14.9 Å². The molecule has 0 radical (unpaired) electrons. The number of hydrogen-bond donors (Lipinski definition) is 1. The van der Waals surface area contributed by atoms with E-state index >= 15 is 0 Å². The Morgan fingerprint density at radius 2 is 1.92 bits per heavy atom. The summed E-state index contributed by atoms with van der Waals surface area (Å²) in [6, 6.07) is 17.3. The summed E-state index contributed by atoms with van der Waals surface area (Å²) in [5, 5.41) is 25.9. The molecule has 5 rings (SSSR count). The molecule has 0 amide bonds. The zero-order valence-electron chi connectivity index (χ0n) is 20.6. The fourth-order valence-electron chi connectivity index (χ4n) is 3.93. The number of nitro benzene ring substituents is 1. The van der Waals surface area contributed by atoms with Gasteiger partial charge < -0.3 is 19.0 Å². The molecule has 0 spiro atoms. The lowest BCUT2D eigenvalue weighted by Gasteiger charge is -2.12. The lowest BCUT2D eigenvalue weighted by molar-refractivity contribution is -0.384. The lowest BCUT2D eigenvalue weighted by atomic mass is 10.2. The molecule has 3 aromatic carbocycles. The van der Waals surface area contributed by atoms with Crippen LogP contribution in [0.15, 0.2) is 81.0 Å². The number of nitrogens with zero attached hydrogens (tertiary/aromatic N) is 4. The molecule has 2 heterocycles. The molecular formula is C27H20N4O8.